The van der Waals surface area contributed by atoms with E-state index in [1.54, 1.807) is 30.3 Å². The fourth-order valence-electron chi connectivity index (χ4n) is 3.72. The van der Waals surface area contributed by atoms with Gasteiger partial charge in [-0.25, -0.2) is 0 Å². The molecule has 5 rings (SSSR count). The van der Waals surface area contributed by atoms with Gasteiger partial charge in [0, 0.05) is 28.7 Å². The van der Waals surface area contributed by atoms with Crippen LogP contribution < -0.4 is 10.9 Å². The first-order valence-corrected chi connectivity index (χ1v) is 9.08. The summed E-state index contributed by atoms with van der Waals surface area (Å²) in [7, 11) is 1.84. The first-order chi connectivity index (χ1) is 13.0. The van der Waals surface area contributed by atoms with E-state index in [9.17, 15) is 9.59 Å². The van der Waals surface area contributed by atoms with Gasteiger partial charge in [-0.05, 0) is 36.4 Å². The second kappa shape index (κ2) is 5.59. The molecule has 0 aliphatic rings. The van der Waals surface area contributed by atoms with E-state index < -0.39 is 0 Å². The second-order valence-corrected chi connectivity index (χ2v) is 7.34. The number of pyridine rings is 2. The lowest BCUT2D eigenvalue weighted by Gasteiger charge is -2.13. The number of nitrogens with zero attached hydrogens (tertiary/aromatic N) is 1. The average molecular weight is 395 g/mol. The minimum Gasteiger partial charge on any atom is -0.354 e. The van der Waals surface area contributed by atoms with Gasteiger partial charge in [0.1, 0.15) is 0 Å². The number of rotatable bonds is 0. The summed E-state index contributed by atoms with van der Waals surface area (Å²) in [5.41, 5.74) is 2.40. The van der Waals surface area contributed by atoms with Crippen LogP contribution in [-0.2, 0) is 7.05 Å². The normalized spacial score (nSPS) is 11.8. The number of nitrogens with one attached hydrogen (secondary N) is 1. The molecular formula is C21H12Cl2N2O2. The highest BCUT2D eigenvalue weighted by atomic mass is 35.5. The van der Waals surface area contributed by atoms with Crippen molar-refractivity contribution in [2.24, 2.45) is 7.05 Å². The molecule has 27 heavy (non-hydrogen) atoms. The van der Waals surface area contributed by atoms with Crippen LogP contribution in [0.5, 0.6) is 0 Å². The molecule has 2 heterocycles. The highest BCUT2D eigenvalue weighted by Gasteiger charge is 2.16. The number of aryl methyl sites for hydroxylation is 1. The number of hydrogen-bond acceptors (Lipinski definition) is 2. The number of benzene rings is 3. The molecule has 4 nitrogen and oxygen atoms in total. The maximum absolute atomic E-state index is 13.2. The molecule has 0 unspecified atom stereocenters. The van der Waals surface area contributed by atoms with Gasteiger partial charge in [0.2, 0.25) is 0 Å². The van der Waals surface area contributed by atoms with Gasteiger partial charge in [0.25, 0.3) is 0 Å². The third kappa shape index (κ3) is 2.17. The zero-order valence-electron chi connectivity index (χ0n) is 14.1. The van der Waals surface area contributed by atoms with Crippen LogP contribution in [0.3, 0.4) is 0 Å². The van der Waals surface area contributed by atoms with Crippen molar-refractivity contribution in [3.63, 3.8) is 0 Å². The summed E-state index contributed by atoms with van der Waals surface area (Å²) in [4.78, 5) is 29.4. The highest BCUT2D eigenvalue weighted by molar-refractivity contribution is 6.45. The van der Waals surface area contributed by atoms with E-state index in [0.29, 0.717) is 43.1 Å². The molecule has 0 aliphatic heterocycles. The number of H-pyrrole nitrogens is 1. The molecular weight excluding hydrogens is 383 g/mol. The van der Waals surface area contributed by atoms with Gasteiger partial charge in [-0.1, -0.05) is 35.3 Å². The lowest BCUT2D eigenvalue weighted by atomic mass is 10.0. The van der Waals surface area contributed by atoms with Gasteiger partial charge in [0.15, 0.2) is 10.9 Å². The minimum atomic E-state index is -0.207. The lowest BCUT2D eigenvalue weighted by Crippen LogP contribution is -2.12. The van der Waals surface area contributed by atoms with Gasteiger partial charge in [-0.2, -0.15) is 0 Å². The van der Waals surface area contributed by atoms with Crippen molar-refractivity contribution in [1.82, 2.24) is 9.55 Å². The molecule has 132 valence electrons. The Morgan fingerprint density at radius 3 is 2.41 bits per heavy atom. The SMILES string of the molecule is Cn1c2cc3c(=O)c4ccccc4[nH]c3cc2c(=O)c2c(Cl)c(Cl)ccc21. The van der Waals surface area contributed by atoms with E-state index in [2.05, 4.69) is 4.98 Å². The Kier molecular flexibility index (Phi) is 3.39. The molecule has 1 N–H and O–H groups in total. The molecule has 5 aromatic rings. The van der Waals surface area contributed by atoms with Crippen molar-refractivity contribution >= 4 is 66.8 Å². The van der Waals surface area contributed by atoms with Crippen molar-refractivity contribution in [1.29, 1.82) is 0 Å². The van der Waals surface area contributed by atoms with Gasteiger partial charge in [0.05, 0.1) is 32.0 Å². The molecule has 0 spiro atoms. The van der Waals surface area contributed by atoms with Crippen LogP contribution in [0.1, 0.15) is 0 Å². The number of hydrogen-bond donors (Lipinski definition) is 1. The monoisotopic (exact) mass is 394 g/mol. The summed E-state index contributed by atoms with van der Waals surface area (Å²) < 4.78 is 1.86. The summed E-state index contributed by atoms with van der Waals surface area (Å²) >= 11 is 12.4. The molecule has 0 atom stereocenters. The molecule has 0 saturated heterocycles. The van der Waals surface area contributed by atoms with E-state index >= 15 is 0 Å². The summed E-state index contributed by atoms with van der Waals surface area (Å²) in [5.74, 6) is 0. The summed E-state index contributed by atoms with van der Waals surface area (Å²) in [6.07, 6.45) is 0. The van der Waals surface area contributed by atoms with E-state index in [0.717, 1.165) is 5.52 Å². The molecule has 0 amide bonds. The van der Waals surface area contributed by atoms with Crippen LogP contribution >= 0.6 is 23.2 Å². The van der Waals surface area contributed by atoms with Gasteiger partial charge in [-0.15, -0.1) is 0 Å². The summed E-state index contributed by atoms with van der Waals surface area (Å²) in [5, 5.41) is 2.58. The zero-order chi connectivity index (χ0) is 18.9. The van der Waals surface area contributed by atoms with Crippen LogP contribution in [0.4, 0.5) is 0 Å². The molecule has 6 heteroatoms. The van der Waals surface area contributed by atoms with Gasteiger partial charge >= 0.3 is 0 Å². The predicted octanol–water partition coefficient (Wildman–Crippen LogP) is 4.99. The Bertz CT molecular complexity index is 1550. The third-order valence-electron chi connectivity index (χ3n) is 5.09. The first-order valence-electron chi connectivity index (χ1n) is 8.32. The number of aromatic nitrogens is 2. The van der Waals surface area contributed by atoms with Crippen LogP contribution in [0.2, 0.25) is 10.0 Å². The average Bonchev–Trinajstić information content (AvgIpc) is 2.67. The Morgan fingerprint density at radius 1 is 0.815 bits per heavy atom. The maximum atomic E-state index is 13.2. The van der Waals surface area contributed by atoms with Crippen molar-refractivity contribution in [2.45, 2.75) is 0 Å². The number of para-hydroxylation sites is 1. The predicted molar refractivity (Wildman–Crippen MR) is 112 cm³/mol. The van der Waals surface area contributed by atoms with Crippen LogP contribution in [0, 0.1) is 0 Å². The standard InChI is InChI=1S/C21H12Cl2N2O2/c1-25-16-7-6-13(22)19(23)18(16)21(27)12-8-15-11(9-17(12)25)20(26)10-4-2-3-5-14(10)24-15/h2-9H,1H3,(H,24,26). The fourth-order valence-corrected chi connectivity index (χ4v) is 4.12. The van der Waals surface area contributed by atoms with E-state index in [1.807, 2.05) is 29.8 Å². The Hall–Kier alpha value is -2.82. The quantitative estimate of drug-likeness (QED) is 0.376. The highest BCUT2D eigenvalue weighted by Crippen LogP contribution is 2.31. The molecule has 0 bridgehead atoms. The third-order valence-corrected chi connectivity index (χ3v) is 5.89. The maximum Gasteiger partial charge on any atom is 0.198 e. The molecule has 0 radical (unpaired) electrons. The summed E-state index contributed by atoms with van der Waals surface area (Å²) in [6.45, 7) is 0. The van der Waals surface area contributed by atoms with E-state index in [1.165, 1.54) is 0 Å². The number of halogens is 2. The second-order valence-electron chi connectivity index (χ2n) is 6.56. The topological polar surface area (TPSA) is 54.9 Å². The van der Waals surface area contributed by atoms with Crippen molar-refractivity contribution in [2.75, 3.05) is 0 Å². The smallest absolute Gasteiger partial charge is 0.198 e. The van der Waals surface area contributed by atoms with Crippen LogP contribution in [0.15, 0.2) is 58.1 Å². The van der Waals surface area contributed by atoms with Gasteiger partial charge in [-0.3, -0.25) is 9.59 Å². The van der Waals surface area contributed by atoms with Crippen molar-refractivity contribution < 1.29 is 0 Å². The fraction of sp³-hybridized carbons (Fsp3) is 0.0476. The van der Waals surface area contributed by atoms with Crippen LogP contribution in [-0.4, -0.2) is 9.55 Å². The minimum absolute atomic E-state index is 0.0667. The molecule has 3 aromatic carbocycles. The molecule has 0 saturated carbocycles. The Morgan fingerprint density at radius 2 is 1.59 bits per heavy atom. The van der Waals surface area contributed by atoms with Crippen molar-refractivity contribution in [3.8, 4) is 0 Å². The molecule has 0 aliphatic carbocycles. The van der Waals surface area contributed by atoms with Crippen molar-refractivity contribution in [3.05, 3.63) is 79.0 Å². The van der Waals surface area contributed by atoms with Gasteiger partial charge < -0.3 is 9.55 Å². The largest absolute Gasteiger partial charge is 0.354 e. The lowest BCUT2D eigenvalue weighted by molar-refractivity contribution is 1.00. The zero-order valence-corrected chi connectivity index (χ0v) is 15.7. The first kappa shape index (κ1) is 16.4. The van der Waals surface area contributed by atoms with Crippen LogP contribution in [0.25, 0.3) is 43.6 Å². The molecule has 0 fully saturated rings. The van der Waals surface area contributed by atoms with E-state index in [4.69, 9.17) is 23.2 Å². The number of aromatic amines is 1. The number of fused-ring (bicyclic) bond motifs is 4. The Labute approximate surface area is 162 Å². The summed E-state index contributed by atoms with van der Waals surface area (Å²) in [6, 6.07) is 14.2. The molecule has 2 aromatic heterocycles. The Balaban J connectivity index is 2.08. The van der Waals surface area contributed by atoms with E-state index in [-0.39, 0.29) is 15.9 Å².